The molecule has 0 saturated heterocycles. The van der Waals surface area contributed by atoms with E-state index in [4.69, 9.17) is 14.2 Å². The number of hydrogen-bond donors (Lipinski definition) is 2. The number of anilines is 1. The summed E-state index contributed by atoms with van der Waals surface area (Å²) in [5.41, 5.74) is 1.72. The average molecular weight is 387 g/mol. The standard InChI is InChI=1S/C21H26FN3O3/c1-23-20(24-13-21(8-9-21)14-6-5-7-15(22)10-14)25-16-11-17(26-2)19(28-4)18(12-16)27-3/h5-7,10-12H,8-9,13H2,1-4H3,(H2,23,24,25). The minimum Gasteiger partial charge on any atom is -0.493 e. The Hall–Kier alpha value is -2.96. The van der Waals surface area contributed by atoms with E-state index in [1.165, 1.54) is 6.07 Å². The zero-order chi connectivity index (χ0) is 20.1. The van der Waals surface area contributed by atoms with E-state index < -0.39 is 0 Å². The number of halogens is 1. The van der Waals surface area contributed by atoms with Gasteiger partial charge in [0.15, 0.2) is 17.5 Å². The summed E-state index contributed by atoms with van der Waals surface area (Å²) in [7, 11) is 6.42. The van der Waals surface area contributed by atoms with Gasteiger partial charge in [-0.25, -0.2) is 4.39 Å². The number of aliphatic imine (C=N–C) groups is 1. The summed E-state index contributed by atoms with van der Waals surface area (Å²) in [6.45, 7) is 0.667. The maximum absolute atomic E-state index is 13.6. The maximum atomic E-state index is 13.6. The van der Waals surface area contributed by atoms with E-state index in [1.54, 1.807) is 40.5 Å². The molecular weight excluding hydrogens is 361 g/mol. The molecule has 3 rings (SSSR count). The number of nitrogens with zero attached hydrogens (tertiary/aromatic N) is 1. The normalized spacial score (nSPS) is 15.0. The summed E-state index contributed by atoms with van der Waals surface area (Å²) in [4.78, 5) is 4.29. The lowest BCUT2D eigenvalue weighted by molar-refractivity contribution is 0.324. The molecule has 0 aliphatic heterocycles. The molecule has 2 aromatic carbocycles. The van der Waals surface area contributed by atoms with Crippen molar-refractivity contribution in [3.63, 3.8) is 0 Å². The number of rotatable bonds is 7. The van der Waals surface area contributed by atoms with Gasteiger partial charge in [0.2, 0.25) is 5.75 Å². The fourth-order valence-electron chi connectivity index (χ4n) is 3.26. The SMILES string of the molecule is CN=C(NCC1(c2cccc(F)c2)CC1)Nc1cc(OC)c(OC)c(OC)c1. The summed E-state index contributed by atoms with van der Waals surface area (Å²) in [6, 6.07) is 10.4. The molecule has 0 bridgehead atoms. The Labute approximate surface area is 164 Å². The van der Waals surface area contributed by atoms with Crippen molar-refractivity contribution in [2.24, 2.45) is 4.99 Å². The smallest absolute Gasteiger partial charge is 0.203 e. The lowest BCUT2D eigenvalue weighted by Gasteiger charge is -2.20. The van der Waals surface area contributed by atoms with Gasteiger partial charge in [0, 0.05) is 36.8 Å². The van der Waals surface area contributed by atoms with E-state index in [0.29, 0.717) is 29.8 Å². The predicted molar refractivity (Wildman–Crippen MR) is 108 cm³/mol. The van der Waals surface area contributed by atoms with Crippen LogP contribution in [0.3, 0.4) is 0 Å². The number of benzene rings is 2. The number of hydrogen-bond acceptors (Lipinski definition) is 4. The van der Waals surface area contributed by atoms with Gasteiger partial charge in [-0.15, -0.1) is 0 Å². The number of guanidine groups is 1. The fraction of sp³-hybridized carbons (Fsp3) is 0.381. The van der Waals surface area contributed by atoms with E-state index in [0.717, 1.165) is 24.1 Å². The first-order chi connectivity index (χ1) is 13.5. The Morgan fingerprint density at radius 3 is 2.25 bits per heavy atom. The van der Waals surface area contributed by atoms with Crippen LogP contribution >= 0.6 is 0 Å². The molecule has 1 aliphatic carbocycles. The van der Waals surface area contributed by atoms with Gasteiger partial charge in [0.05, 0.1) is 21.3 Å². The second-order valence-electron chi connectivity index (χ2n) is 6.76. The molecule has 6 nitrogen and oxygen atoms in total. The van der Waals surface area contributed by atoms with Crippen molar-refractivity contribution in [2.45, 2.75) is 18.3 Å². The molecule has 7 heteroatoms. The Kier molecular flexibility index (Phi) is 5.92. The van der Waals surface area contributed by atoms with E-state index in [2.05, 4.69) is 15.6 Å². The molecule has 28 heavy (non-hydrogen) atoms. The topological polar surface area (TPSA) is 64.1 Å². The summed E-state index contributed by atoms with van der Waals surface area (Å²) in [5, 5.41) is 6.59. The Morgan fingerprint density at radius 1 is 1.07 bits per heavy atom. The molecule has 1 aliphatic rings. The summed E-state index contributed by atoms with van der Waals surface area (Å²) >= 11 is 0. The van der Waals surface area contributed by atoms with E-state index in [1.807, 2.05) is 18.2 Å². The highest BCUT2D eigenvalue weighted by molar-refractivity contribution is 5.94. The van der Waals surface area contributed by atoms with Crippen molar-refractivity contribution in [3.8, 4) is 17.2 Å². The number of ether oxygens (including phenoxy) is 3. The van der Waals surface area contributed by atoms with E-state index >= 15 is 0 Å². The molecular formula is C21H26FN3O3. The molecule has 0 radical (unpaired) electrons. The molecule has 150 valence electrons. The molecule has 2 aromatic rings. The van der Waals surface area contributed by atoms with Gasteiger partial charge < -0.3 is 24.8 Å². The van der Waals surface area contributed by atoms with Crippen LogP contribution in [0.1, 0.15) is 18.4 Å². The molecule has 0 aromatic heterocycles. The third kappa shape index (κ3) is 4.13. The molecule has 1 fully saturated rings. The van der Waals surface area contributed by atoms with Crippen LogP contribution in [-0.2, 0) is 5.41 Å². The minimum atomic E-state index is -0.205. The lowest BCUT2D eigenvalue weighted by atomic mass is 9.96. The monoisotopic (exact) mass is 387 g/mol. The van der Waals surface area contributed by atoms with Crippen LogP contribution in [0.25, 0.3) is 0 Å². The minimum absolute atomic E-state index is 0.0466. The van der Waals surface area contributed by atoms with Gasteiger partial charge >= 0.3 is 0 Å². The van der Waals surface area contributed by atoms with Gasteiger partial charge in [-0.2, -0.15) is 0 Å². The van der Waals surface area contributed by atoms with Gasteiger partial charge in [0.25, 0.3) is 0 Å². The average Bonchev–Trinajstić information content (AvgIpc) is 3.51. The van der Waals surface area contributed by atoms with Gasteiger partial charge in [0.1, 0.15) is 5.82 Å². The summed E-state index contributed by atoms with van der Waals surface area (Å²) in [6.07, 6.45) is 2.04. The number of nitrogens with one attached hydrogen (secondary N) is 2. The van der Waals surface area contributed by atoms with Crippen LogP contribution in [0.4, 0.5) is 10.1 Å². The zero-order valence-corrected chi connectivity index (χ0v) is 16.6. The highest BCUT2D eigenvalue weighted by Crippen LogP contribution is 2.47. The quantitative estimate of drug-likeness (QED) is 0.562. The van der Waals surface area contributed by atoms with Gasteiger partial charge in [-0.1, -0.05) is 12.1 Å². The van der Waals surface area contributed by atoms with Crippen molar-refractivity contribution in [3.05, 3.63) is 47.8 Å². The van der Waals surface area contributed by atoms with Crippen molar-refractivity contribution >= 4 is 11.6 Å². The lowest BCUT2D eigenvalue weighted by Crippen LogP contribution is -2.36. The van der Waals surface area contributed by atoms with Crippen LogP contribution in [0.2, 0.25) is 0 Å². The Balaban J connectivity index is 1.72. The molecule has 2 N–H and O–H groups in total. The summed E-state index contributed by atoms with van der Waals surface area (Å²) < 4.78 is 29.7. The molecule has 0 heterocycles. The largest absolute Gasteiger partial charge is 0.493 e. The third-order valence-electron chi connectivity index (χ3n) is 5.04. The molecule has 1 saturated carbocycles. The highest BCUT2D eigenvalue weighted by Gasteiger charge is 2.44. The Bertz CT molecular complexity index is 841. The van der Waals surface area contributed by atoms with Gasteiger partial charge in [-0.3, -0.25) is 4.99 Å². The number of methoxy groups -OCH3 is 3. The van der Waals surface area contributed by atoms with Gasteiger partial charge in [-0.05, 0) is 30.5 Å². The van der Waals surface area contributed by atoms with Crippen LogP contribution in [0.15, 0.2) is 41.4 Å². The van der Waals surface area contributed by atoms with Crippen LogP contribution in [0.5, 0.6) is 17.2 Å². The molecule has 0 unspecified atom stereocenters. The highest BCUT2D eigenvalue weighted by atomic mass is 19.1. The van der Waals surface area contributed by atoms with Crippen molar-refractivity contribution in [1.82, 2.24) is 5.32 Å². The van der Waals surface area contributed by atoms with Crippen LogP contribution < -0.4 is 24.8 Å². The van der Waals surface area contributed by atoms with Crippen LogP contribution in [0, 0.1) is 5.82 Å². The fourth-order valence-corrected chi connectivity index (χ4v) is 3.26. The maximum Gasteiger partial charge on any atom is 0.203 e. The first kappa shape index (κ1) is 19.8. The third-order valence-corrected chi connectivity index (χ3v) is 5.04. The first-order valence-corrected chi connectivity index (χ1v) is 9.09. The zero-order valence-electron chi connectivity index (χ0n) is 16.6. The van der Waals surface area contributed by atoms with Crippen molar-refractivity contribution in [2.75, 3.05) is 40.2 Å². The first-order valence-electron chi connectivity index (χ1n) is 9.09. The molecule has 0 spiro atoms. The predicted octanol–water partition coefficient (Wildman–Crippen LogP) is 3.57. The molecule has 0 amide bonds. The van der Waals surface area contributed by atoms with Crippen molar-refractivity contribution < 1.29 is 18.6 Å². The van der Waals surface area contributed by atoms with Crippen LogP contribution in [-0.4, -0.2) is 40.9 Å². The molecule has 0 atom stereocenters. The Morgan fingerprint density at radius 2 is 1.75 bits per heavy atom. The second-order valence-corrected chi connectivity index (χ2v) is 6.76. The van der Waals surface area contributed by atoms with E-state index in [9.17, 15) is 4.39 Å². The summed E-state index contributed by atoms with van der Waals surface area (Å²) in [5.74, 6) is 2.04. The second kappa shape index (κ2) is 8.37. The van der Waals surface area contributed by atoms with Crippen molar-refractivity contribution in [1.29, 1.82) is 0 Å². The van der Waals surface area contributed by atoms with E-state index in [-0.39, 0.29) is 11.2 Å².